The van der Waals surface area contributed by atoms with E-state index in [0.29, 0.717) is 18.4 Å². The van der Waals surface area contributed by atoms with Crippen LogP contribution in [0.2, 0.25) is 0 Å². The molecular weight excluding hydrogens is 1030 g/mol. The molecule has 0 bridgehead atoms. The quantitative estimate of drug-likeness (QED) is 0.0276. The molecule has 0 aliphatic carbocycles. The Balaban J connectivity index is 1.93. The van der Waals surface area contributed by atoms with Gasteiger partial charge in [0.15, 0.2) is 12.4 Å². The number of hydrogen-bond donors (Lipinski definition) is 2. The molecule has 2 N–H and O–H groups in total. The van der Waals surface area contributed by atoms with Crippen LogP contribution in [-0.2, 0) is 52.3 Å². The fraction of sp³-hybridized carbons (Fsp3) is 0.712. The number of carbonyl (C=O) groups excluding carboxylic acids is 5. The van der Waals surface area contributed by atoms with Crippen molar-refractivity contribution in [1.82, 2.24) is 5.32 Å². The van der Waals surface area contributed by atoms with E-state index in [9.17, 15) is 29.1 Å². The lowest BCUT2D eigenvalue weighted by Gasteiger charge is -2.43. The summed E-state index contributed by atoms with van der Waals surface area (Å²) < 4.78 is 48.1. The van der Waals surface area contributed by atoms with Crippen LogP contribution in [0.4, 0.5) is 0 Å². The fourth-order valence-electron chi connectivity index (χ4n) is 9.60. The number of carbonyl (C=O) groups is 5. The summed E-state index contributed by atoms with van der Waals surface area (Å²) in [7, 11) is 0. The van der Waals surface area contributed by atoms with Crippen molar-refractivity contribution in [3.63, 3.8) is 0 Å². The molecule has 1 aliphatic rings. The number of rotatable bonds is 43. The molecule has 2 aromatic rings. The van der Waals surface area contributed by atoms with E-state index in [-0.39, 0.29) is 31.1 Å². The van der Waals surface area contributed by atoms with Crippen LogP contribution in [0.1, 0.15) is 243 Å². The maximum Gasteiger partial charge on any atom is 0.338 e. The molecule has 15 heteroatoms. The van der Waals surface area contributed by atoms with Gasteiger partial charge >= 0.3 is 23.9 Å². The molecule has 0 saturated carbocycles. The average molecular weight is 1140 g/mol. The van der Waals surface area contributed by atoms with E-state index in [4.69, 9.17) is 37.9 Å². The van der Waals surface area contributed by atoms with Gasteiger partial charge in [0, 0.05) is 6.42 Å². The summed E-state index contributed by atoms with van der Waals surface area (Å²) in [6.07, 6.45) is 24.5. The Hall–Kier alpha value is -4.67. The molecule has 0 spiro atoms. The maximum absolute atomic E-state index is 14.1. The number of hydrogen-bond acceptors (Lipinski definition) is 14. The zero-order valence-electron chi connectivity index (χ0n) is 50.9. The molecule has 1 fully saturated rings. The minimum Gasteiger partial charge on any atom is -0.458 e. The first-order valence-electron chi connectivity index (χ1n) is 31.0. The highest BCUT2D eigenvalue weighted by molar-refractivity contribution is 5.90. The van der Waals surface area contributed by atoms with Gasteiger partial charge in [0.25, 0.3) is 0 Å². The SMILES string of the molecule is CCCCCCCCCCCCCC=C[C@@H](OC(=O)c1ccccc1)[C@H](CO[C@H]1O[C@H](COCC(=O)OC(C)(C)C)[C@H](OCC(=O)OC(C)(C)C)[C@H](O)[C@H]1OC(=O)c1ccccc1)NC(=O)CCCCCCCCCCCCCCC. The van der Waals surface area contributed by atoms with E-state index in [1.165, 1.54) is 109 Å². The summed E-state index contributed by atoms with van der Waals surface area (Å²) in [5, 5.41) is 15.4. The van der Waals surface area contributed by atoms with Gasteiger partial charge < -0.3 is 48.3 Å². The summed E-state index contributed by atoms with van der Waals surface area (Å²) >= 11 is 0. The second-order valence-electron chi connectivity index (χ2n) is 23.7. The van der Waals surface area contributed by atoms with Gasteiger partial charge in [-0.15, -0.1) is 0 Å². The second kappa shape index (κ2) is 41.3. The number of ether oxygens (including phenoxy) is 8. The summed E-state index contributed by atoms with van der Waals surface area (Å²) in [6, 6.07) is 15.8. The zero-order chi connectivity index (χ0) is 59.1. The standard InChI is InChI=1S/C66H105NO14/c1-9-11-13-15-17-19-21-23-25-27-29-31-39-45-54(77-62(72)51-41-35-33-36-42-51)53(67-56(68)46-40-32-30-28-26-24-22-20-18-16-14-12-10-2)47-76-64-61(79-63(73)52-43-37-34-38-44-52)59(71)60(75-50-58(70)81-66(6,7)8)55(78-64)48-74-49-57(69)80-65(3,4)5/h33-39,41-45,53-55,59-61,64,71H,9-32,40,46-50H2,1-8H3,(H,67,68)/t53-,54+,55+,59-,60-,61+,64-/m0/s1. The monoisotopic (exact) mass is 1140 g/mol. The van der Waals surface area contributed by atoms with Gasteiger partial charge in [-0.05, 0) is 91.1 Å². The van der Waals surface area contributed by atoms with E-state index in [2.05, 4.69) is 19.2 Å². The van der Waals surface area contributed by atoms with Crippen molar-refractivity contribution >= 4 is 29.8 Å². The average Bonchev–Trinajstić information content (AvgIpc) is 3.50. The number of amides is 1. The topological polar surface area (TPSA) is 191 Å². The van der Waals surface area contributed by atoms with Gasteiger partial charge in [0.1, 0.15) is 48.8 Å². The predicted octanol–water partition coefficient (Wildman–Crippen LogP) is 13.8. The molecule has 1 saturated heterocycles. The van der Waals surface area contributed by atoms with Crippen molar-refractivity contribution in [2.45, 2.75) is 276 Å². The Morgan fingerprint density at radius 2 is 1.04 bits per heavy atom. The van der Waals surface area contributed by atoms with Gasteiger partial charge in [-0.1, -0.05) is 198 Å². The lowest BCUT2D eigenvalue weighted by Crippen LogP contribution is -2.62. The number of aliphatic hydroxyl groups excluding tert-OH is 1. The molecule has 81 heavy (non-hydrogen) atoms. The Kier molecular flexibility index (Phi) is 36.0. The summed E-state index contributed by atoms with van der Waals surface area (Å²) in [5.74, 6) is -3.08. The fourth-order valence-corrected chi connectivity index (χ4v) is 9.60. The molecule has 0 radical (unpaired) electrons. The molecule has 1 aliphatic heterocycles. The summed E-state index contributed by atoms with van der Waals surface area (Å²) in [4.78, 5) is 67.6. The third kappa shape index (κ3) is 32.7. The first kappa shape index (κ1) is 70.6. The third-order valence-corrected chi connectivity index (χ3v) is 13.8. The first-order valence-corrected chi connectivity index (χ1v) is 31.0. The number of benzene rings is 2. The van der Waals surface area contributed by atoms with Crippen LogP contribution in [0.15, 0.2) is 72.8 Å². The Bertz CT molecular complexity index is 2030. The number of unbranched alkanes of at least 4 members (excludes halogenated alkanes) is 23. The highest BCUT2D eigenvalue weighted by atomic mass is 16.7. The number of nitrogens with one attached hydrogen (secondary N) is 1. The van der Waals surface area contributed by atoms with Gasteiger partial charge in [0.2, 0.25) is 5.91 Å². The molecule has 458 valence electrons. The second-order valence-corrected chi connectivity index (χ2v) is 23.7. The van der Waals surface area contributed by atoms with E-state index in [0.717, 1.165) is 38.5 Å². The molecule has 3 rings (SSSR count). The minimum absolute atomic E-state index is 0.173. The van der Waals surface area contributed by atoms with Gasteiger partial charge in [-0.25, -0.2) is 19.2 Å². The maximum atomic E-state index is 14.1. The highest BCUT2D eigenvalue weighted by Crippen LogP contribution is 2.29. The molecule has 0 unspecified atom stereocenters. The van der Waals surface area contributed by atoms with Gasteiger partial charge in [0.05, 0.1) is 30.4 Å². The lowest BCUT2D eigenvalue weighted by molar-refractivity contribution is -0.309. The first-order chi connectivity index (χ1) is 38.9. The molecular formula is C66H105NO14. The normalized spacial score (nSPS) is 18.3. The van der Waals surface area contributed by atoms with Crippen LogP contribution in [-0.4, -0.2) is 115 Å². The van der Waals surface area contributed by atoms with Gasteiger partial charge in [-0.3, -0.25) is 4.79 Å². The molecule has 1 amide bonds. The van der Waals surface area contributed by atoms with Crippen molar-refractivity contribution in [3.05, 3.63) is 83.9 Å². The van der Waals surface area contributed by atoms with Crippen LogP contribution in [0.25, 0.3) is 0 Å². The molecule has 0 aromatic heterocycles. The van der Waals surface area contributed by atoms with Crippen LogP contribution < -0.4 is 5.32 Å². The zero-order valence-corrected chi connectivity index (χ0v) is 50.9. The predicted molar refractivity (Wildman–Crippen MR) is 317 cm³/mol. The Morgan fingerprint density at radius 1 is 0.580 bits per heavy atom. The lowest BCUT2D eigenvalue weighted by atomic mass is 9.98. The van der Waals surface area contributed by atoms with Crippen LogP contribution in [0.5, 0.6) is 0 Å². The van der Waals surface area contributed by atoms with Crippen LogP contribution in [0.3, 0.4) is 0 Å². The number of allylic oxidation sites excluding steroid dienone is 1. The molecule has 7 atom stereocenters. The summed E-state index contributed by atoms with van der Waals surface area (Å²) in [5.41, 5.74) is -1.15. The van der Waals surface area contributed by atoms with E-state index < -0.39 is 91.1 Å². The Labute approximate surface area is 487 Å². The number of aliphatic hydroxyl groups is 1. The van der Waals surface area contributed by atoms with Crippen molar-refractivity contribution in [2.75, 3.05) is 26.4 Å². The molecule has 15 nitrogen and oxygen atoms in total. The van der Waals surface area contributed by atoms with Crippen molar-refractivity contribution < 1.29 is 67.0 Å². The smallest absolute Gasteiger partial charge is 0.338 e. The number of esters is 4. The minimum atomic E-state index is -1.71. The summed E-state index contributed by atoms with van der Waals surface area (Å²) in [6.45, 7) is 12.9. The van der Waals surface area contributed by atoms with E-state index in [1.54, 1.807) is 108 Å². The van der Waals surface area contributed by atoms with Crippen molar-refractivity contribution in [1.29, 1.82) is 0 Å². The van der Waals surface area contributed by atoms with Crippen LogP contribution in [0, 0.1) is 0 Å². The van der Waals surface area contributed by atoms with Crippen molar-refractivity contribution in [3.8, 4) is 0 Å². The van der Waals surface area contributed by atoms with E-state index >= 15 is 0 Å². The highest BCUT2D eigenvalue weighted by Gasteiger charge is 2.50. The Morgan fingerprint density at radius 3 is 1.53 bits per heavy atom. The van der Waals surface area contributed by atoms with Gasteiger partial charge in [-0.2, -0.15) is 0 Å². The molecule has 1 heterocycles. The largest absolute Gasteiger partial charge is 0.458 e. The third-order valence-electron chi connectivity index (χ3n) is 13.8. The molecule has 2 aromatic carbocycles. The van der Waals surface area contributed by atoms with Crippen LogP contribution >= 0.6 is 0 Å². The van der Waals surface area contributed by atoms with E-state index in [1.807, 2.05) is 6.08 Å². The van der Waals surface area contributed by atoms with Crippen molar-refractivity contribution in [2.24, 2.45) is 0 Å².